The van der Waals surface area contributed by atoms with Crippen LogP contribution in [-0.4, -0.2) is 22.7 Å². The number of anilines is 1. The monoisotopic (exact) mass is 433 g/mol. The minimum atomic E-state index is -1.47. The average molecular weight is 433 g/mol. The van der Waals surface area contributed by atoms with E-state index >= 15 is 0 Å². The molecule has 3 aromatic carbocycles. The molecule has 0 aromatic heterocycles. The van der Waals surface area contributed by atoms with Crippen molar-refractivity contribution in [3.05, 3.63) is 102 Å². The highest BCUT2D eigenvalue weighted by molar-refractivity contribution is 6.14. The van der Waals surface area contributed by atoms with Crippen LogP contribution in [0.3, 0.4) is 0 Å². The van der Waals surface area contributed by atoms with Crippen LogP contribution in [-0.2, 0) is 9.59 Å². The Balaban J connectivity index is 2.13. The number of hydrogen-bond acceptors (Lipinski definition) is 4. The van der Waals surface area contributed by atoms with E-state index in [0.717, 1.165) is 12.1 Å². The Bertz CT molecular complexity index is 1080. The van der Waals surface area contributed by atoms with Gasteiger partial charge in [0, 0.05) is 11.5 Å². The van der Waals surface area contributed by atoms with Crippen LogP contribution in [0.4, 0.5) is 10.1 Å². The number of Topliss-reactive ketones (excluding diaryl/α,β-unsaturated/α-hetero) is 2. The number of amides is 1. The van der Waals surface area contributed by atoms with Crippen LogP contribution in [0.1, 0.15) is 35.7 Å². The molecule has 0 saturated heterocycles. The predicted octanol–water partition coefficient (Wildman–Crippen LogP) is 5.06. The summed E-state index contributed by atoms with van der Waals surface area (Å²) in [5.74, 6) is -5.63. The third-order valence-corrected chi connectivity index (χ3v) is 5.25. The second-order valence-corrected chi connectivity index (χ2v) is 7.78. The molecule has 0 fully saturated rings. The summed E-state index contributed by atoms with van der Waals surface area (Å²) in [5.41, 5.74) is 0.801. The van der Waals surface area contributed by atoms with Crippen LogP contribution in [0.25, 0.3) is 0 Å². The van der Waals surface area contributed by atoms with E-state index in [1.165, 1.54) is 24.3 Å². The van der Waals surface area contributed by atoms with Crippen molar-refractivity contribution in [2.24, 2.45) is 11.8 Å². The largest absolute Gasteiger partial charge is 0.298 e. The van der Waals surface area contributed by atoms with E-state index in [1.807, 2.05) is 0 Å². The molecule has 6 heteroatoms. The summed E-state index contributed by atoms with van der Waals surface area (Å²) < 4.78 is 13.4. The molecule has 0 radical (unpaired) electrons. The molecule has 2 atom stereocenters. The molecule has 0 saturated carbocycles. The summed E-state index contributed by atoms with van der Waals surface area (Å²) in [6.07, 6.45) is 0. The van der Waals surface area contributed by atoms with Crippen LogP contribution in [0.5, 0.6) is 0 Å². The summed E-state index contributed by atoms with van der Waals surface area (Å²) in [5, 5.41) is 11.1. The molecule has 0 aliphatic carbocycles. The van der Waals surface area contributed by atoms with Gasteiger partial charge in [0.1, 0.15) is 17.5 Å². The van der Waals surface area contributed by atoms with E-state index in [4.69, 9.17) is 0 Å². The van der Waals surface area contributed by atoms with Crippen LogP contribution in [0, 0.1) is 17.7 Å². The highest BCUT2D eigenvalue weighted by Gasteiger charge is 2.43. The molecule has 3 rings (SSSR count). The number of hydroxylamine groups is 1. The van der Waals surface area contributed by atoms with Gasteiger partial charge >= 0.3 is 0 Å². The molecule has 32 heavy (non-hydrogen) atoms. The van der Waals surface area contributed by atoms with Crippen LogP contribution >= 0.6 is 0 Å². The maximum Gasteiger partial charge on any atom is 0.262 e. The van der Waals surface area contributed by atoms with Crippen molar-refractivity contribution in [2.75, 3.05) is 5.06 Å². The number of carbonyl (C=O) groups is 3. The van der Waals surface area contributed by atoms with E-state index in [2.05, 4.69) is 0 Å². The smallest absolute Gasteiger partial charge is 0.262 e. The quantitative estimate of drug-likeness (QED) is 0.233. The fraction of sp³-hybridized carbons (Fsp3) is 0.192. The van der Waals surface area contributed by atoms with Gasteiger partial charge in [0.15, 0.2) is 5.78 Å². The molecule has 1 N–H and O–H groups in total. The first kappa shape index (κ1) is 23.0. The zero-order chi connectivity index (χ0) is 23.3. The lowest BCUT2D eigenvalue weighted by atomic mass is 9.75. The van der Waals surface area contributed by atoms with Gasteiger partial charge in [0.25, 0.3) is 5.91 Å². The van der Waals surface area contributed by atoms with Crippen molar-refractivity contribution in [1.82, 2.24) is 0 Å². The molecule has 5 nitrogen and oxygen atoms in total. The fourth-order valence-electron chi connectivity index (χ4n) is 3.57. The Hall–Kier alpha value is -3.64. The number of nitrogens with zero attached hydrogens (tertiary/aromatic N) is 1. The SMILES string of the molecule is CC(C)C(=O)C(C(=O)N(O)c1ccccc1)C(C(=O)c1ccc(F)cc1)c1ccccc1. The summed E-state index contributed by atoms with van der Waals surface area (Å²) in [4.78, 5) is 40.3. The fourth-order valence-corrected chi connectivity index (χ4v) is 3.57. The van der Waals surface area contributed by atoms with Gasteiger partial charge in [-0.3, -0.25) is 19.6 Å². The highest BCUT2D eigenvalue weighted by Crippen LogP contribution is 2.33. The van der Waals surface area contributed by atoms with E-state index < -0.39 is 41.0 Å². The Morgan fingerprint density at radius 2 is 1.34 bits per heavy atom. The summed E-state index contributed by atoms with van der Waals surface area (Å²) in [7, 11) is 0. The second-order valence-electron chi connectivity index (χ2n) is 7.78. The third-order valence-electron chi connectivity index (χ3n) is 5.25. The average Bonchev–Trinajstić information content (AvgIpc) is 2.82. The van der Waals surface area contributed by atoms with E-state index in [0.29, 0.717) is 10.6 Å². The minimum Gasteiger partial charge on any atom is -0.298 e. The number of ketones is 2. The first-order valence-electron chi connectivity index (χ1n) is 10.3. The van der Waals surface area contributed by atoms with Gasteiger partial charge < -0.3 is 0 Å². The number of hydrogen-bond donors (Lipinski definition) is 1. The van der Waals surface area contributed by atoms with Crippen LogP contribution in [0.15, 0.2) is 84.9 Å². The lowest BCUT2D eigenvalue weighted by Crippen LogP contribution is -2.44. The van der Waals surface area contributed by atoms with Gasteiger partial charge in [0.05, 0.1) is 11.6 Å². The minimum absolute atomic E-state index is 0.166. The molecule has 0 aliphatic heterocycles. The van der Waals surface area contributed by atoms with E-state index in [-0.39, 0.29) is 11.3 Å². The van der Waals surface area contributed by atoms with Crippen molar-refractivity contribution in [3.8, 4) is 0 Å². The third kappa shape index (κ3) is 4.98. The Kier molecular flexibility index (Phi) is 7.28. The normalized spacial score (nSPS) is 12.8. The summed E-state index contributed by atoms with van der Waals surface area (Å²) in [6.45, 7) is 3.27. The molecular weight excluding hydrogens is 409 g/mol. The standard InChI is InChI=1S/C26H24FNO4/c1-17(2)24(29)23(26(31)28(32)21-11-7-4-8-12-21)22(18-9-5-3-6-10-18)25(30)19-13-15-20(27)16-14-19/h3-17,22-23,32H,1-2H3. The lowest BCUT2D eigenvalue weighted by molar-refractivity contribution is -0.138. The molecule has 2 unspecified atom stereocenters. The molecular formula is C26H24FNO4. The van der Waals surface area contributed by atoms with Gasteiger partial charge in [-0.25, -0.2) is 4.39 Å². The Morgan fingerprint density at radius 1 is 0.812 bits per heavy atom. The van der Waals surface area contributed by atoms with Gasteiger partial charge in [-0.15, -0.1) is 0 Å². The number of para-hydroxylation sites is 1. The second kappa shape index (κ2) is 10.1. The van der Waals surface area contributed by atoms with E-state index in [1.54, 1.807) is 62.4 Å². The van der Waals surface area contributed by atoms with E-state index in [9.17, 15) is 24.0 Å². The van der Waals surface area contributed by atoms with Crippen molar-refractivity contribution in [1.29, 1.82) is 0 Å². The first-order valence-corrected chi connectivity index (χ1v) is 10.3. The van der Waals surface area contributed by atoms with Crippen LogP contribution in [0.2, 0.25) is 0 Å². The molecule has 0 heterocycles. The van der Waals surface area contributed by atoms with Gasteiger partial charge in [0.2, 0.25) is 0 Å². The lowest BCUT2D eigenvalue weighted by Gasteiger charge is -2.29. The zero-order valence-electron chi connectivity index (χ0n) is 17.8. The molecule has 1 amide bonds. The van der Waals surface area contributed by atoms with Crippen molar-refractivity contribution < 1.29 is 24.0 Å². The Morgan fingerprint density at radius 3 is 1.88 bits per heavy atom. The topological polar surface area (TPSA) is 74.7 Å². The van der Waals surface area contributed by atoms with Gasteiger partial charge in [-0.1, -0.05) is 62.4 Å². The maximum absolute atomic E-state index is 13.6. The van der Waals surface area contributed by atoms with Gasteiger partial charge in [-0.2, -0.15) is 5.06 Å². The van der Waals surface area contributed by atoms with Crippen molar-refractivity contribution in [3.63, 3.8) is 0 Å². The molecule has 164 valence electrons. The summed E-state index contributed by atoms with van der Waals surface area (Å²) in [6, 6.07) is 21.5. The van der Waals surface area contributed by atoms with Crippen molar-refractivity contribution in [2.45, 2.75) is 19.8 Å². The van der Waals surface area contributed by atoms with Crippen molar-refractivity contribution >= 4 is 23.2 Å². The summed E-state index contributed by atoms with van der Waals surface area (Å²) >= 11 is 0. The number of halogens is 1. The predicted molar refractivity (Wildman–Crippen MR) is 119 cm³/mol. The maximum atomic E-state index is 13.6. The van der Waals surface area contributed by atoms with Crippen LogP contribution < -0.4 is 5.06 Å². The van der Waals surface area contributed by atoms with Gasteiger partial charge in [-0.05, 0) is 42.0 Å². The highest BCUT2D eigenvalue weighted by atomic mass is 19.1. The molecule has 0 aliphatic rings. The molecule has 3 aromatic rings. The first-order chi connectivity index (χ1) is 15.3. The number of benzene rings is 3. The Labute approximate surface area is 186 Å². The molecule has 0 bridgehead atoms. The zero-order valence-corrected chi connectivity index (χ0v) is 17.8. The number of carbonyl (C=O) groups excluding carboxylic acids is 3. The molecule has 0 spiro atoms. The number of rotatable bonds is 8.